The van der Waals surface area contributed by atoms with E-state index in [4.69, 9.17) is 0 Å². The molecule has 0 radical (unpaired) electrons. The summed E-state index contributed by atoms with van der Waals surface area (Å²) in [6, 6.07) is 14.5. The lowest BCUT2D eigenvalue weighted by atomic mass is 10.1. The van der Waals surface area contributed by atoms with Crippen LogP contribution in [0, 0.1) is 13.8 Å². The van der Waals surface area contributed by atoms with Crippen molar-refractivity contribution in [2.45, 2.75) is 20.8 Å². The van der Waals surface area contributed by atoms with Gasteiger partial charge in [0, 0.05) is 30.1 Å². The van der Waals surface area contributed by atoms with Gasteiger partial charge in [0.2, 0.25) is 5.91 Å². The lowest BCUT2D eigenvalue weighted by Gasteiger charge is -2.12. The number of anilines is 4. The molecule has 2 amide bonds. The van der Waals surface area contributed by atoms with Gasteiger partial charge in [-0.3, -0.25) is 9.59 Å². The van der Waals surface area contributed by atoms with Crippen LogP contribution in [0.25, 0.3) is 0 Å². The molecule has 2 aromatic carbocycles. The summed E-state index contributed by atoms with van der Waals surface area (Å²) in [7, 11) is 0. The van der Waals surface area contributed by atoms with E-state index in [1.165, 1.54) is 13.3 Å². The molecule has 0 saturated carbocycles. The Morgan fingerprint density at radius 3 is 2.18 bits per heavy atom. The average molecular weight is 375 g/mol. The minimum Gasteiger partial charge on any atom is -0.340 e. The maximum absolute atomic E-state index is 12.6. The molecule has 3 rings (SSSR count). The summed E-state index contributed by atoms with van der Waals surface area (Å²) in [4.78, 5) is 32.0. The van der Waals surface area contributed by atoms with E-state index >= 15 is 0 Å². The summed E-state index contributed by atoms with van der Waals surface area (Å²) in [6.45, 7) is 5.44. The molecule has 28 heavy (non-hydrogen) atoms. The Kier molecular flexibility index (Phi) is 5.64. The molecule has 1 aromatic heterocycles. The van der Waals surface area contributed by atoms with E-state index in [1.54, 1.807) is 30.3 Å². The fraction of sp³-hybridized carbons (Fsp3) is 0.143. The van der Waals surface area contributed by atoms with E-state index in [0.717, 1.165) is 16.8 Å². The lowest BCUT2D eigenvalue weighted by molar-refractivity contribution is -0.114. The summed E-state index contributed by atoms with van der Waals surface area (Å²) in [5, 5.41) is 8.71. The lowest BCUT2D eigenvalue weighted by Crippen LogP contribution is -2.15. The van der Waals surface area contributed by atoms with Crippen molar-refractivity contribution in [3.05, 3.63) is 71.7 Å². The van der Waals surface area contributed by atoms with Crippen molar-refractivity contribution >= 4 is 34.7 Å². The predicted octanol–water partition coefficient (Wildman–Crippen LogP) is 4.05. The van der Waals surface area contributed by atoms with Gasteiger partial charge in [-0.05, 0) is 43.2 Å². The fourth-order valence-electron chi connectivity index (χ4n) is 2.76. The molecule has 0 aliphatic heterocycles. The third-order valence-corrected chi connectivity index (χ3v) is 4.07. The molecule has 0 fully saturated rings. The highest BCUT2D eigenvalue weighted by molar-refractivity contribution is 6.03. The van der Waals surface area contributed by atoms with Crippen LogP contribution < -0.4 is 16.0 Å². The molecule has 7 heteroatoms. The molecule has 0 bridgehead atoms. The van der Waals surface area contributed by atoms with Crippen molar-refractivity contribution in [1.82, 2.24) is 9.97 Å². The SMILES string of the molecule is CC(=O)Nc1cccc(NC(=O)c2cc(Nc3c(C)cccc3C)ncn2)c1. The van der Waals surface area contributed by atoms with Crippen LogP contribution in [0.2, 0.25) is 0 Å². The maximum atomic E-state index is 12.6. The molecule has 0 saturated heterocycles. The zero-order valence-electron chi connectivity index (χ0n) is 15.9. The zero-order valence-corrected chi connectivity index (χ0v) is 15.9. The molecule has 0 unspecified atom stereocenters. The van der Waals surface area contributed by atoms with Crippen molar-refractivity contribution < 1.29 is 9.59 Å². The molecule has 142 valence electrons. The monoisotopic (exact) mass is 375 g/mol. The first-order chi connectivity index (χ1) is 13.4. The largest absolute Gasteiger partial charge is 0.340 e. The maximum Gasteiger partial charge on any atom is 0.274 e. The first-order valence-electron chi connectivity index (χ1n) is 8.76. The molecule has 0 aliphatic carbocycles. The summed E-state index contributed by atoms with van der Waals surface area (Å²) in [6.07, 6.45) is 1.35. The van der Waals surface area contributed by atoms with Gasteiger partial charge < -0.3 is 16.0 Å². The second-order valence-corrected chi connectivity index (χ2v) is 6.40. The van der Waals surface area contributed by atoms with Crippen molar-refractivity contribution in [1.29, 1.82) is 0 Å². The van der Waals surface area contributed by atoms with Crippen molar-refractivity contribution in [2.75, 3.05) is 16.0 Å². The number of carbonyl (C=O) groups excluding carboxylic acids is 2. The second-order valence-electron chi connectivity index (χ2n) is 6.40. The Morgan fingerprint density at radius 1 is 0.857 bits per heavy atom. The van der Waals surface area contributed by atoms with Crippen molar-refractivity contribution in [3.8, 4) is 0 Å². The Balaban J connectivity index is 1.76. The number of amides is 2. The number of hydrogen-bond acceptors (Lipinski definition) is 5. The minimum absolute atomic E-state index is 0.179. The smallest absolute Gasteiger partial charge is 0.274 e. The Bertz CT molecular complexity index is 1010. The molecule has 3 aromatic rings. The van der Waals surface area contributed by atoms with Gasteiger partial charge in [-0.15, -0.1) is 0 Å². The first-order valence-corrected chi connectivity index (χ1v) is 8.76. The van der Waals surface area contributed by atoms with Crippen molar-refractivity contribution in [2.24, 2.45) is 0 Å². The third-order valence-electron chi connectivity index (χ3n) is 4.07. The number of benzene rings is 2. The summed E-state index contributed by atoms with van der Waals surface area (Å²) < 4.78 is 0. The van der Waals surface area contributed by atoms with E-state index in [-0.39, 0.29) is 17.5 Å². The van der Waals surface area contributed by atoms with Crippen LogP contribution in [-0.2, 0) is 4.79 Å². The van der Waals surface area contributed by atoms with Crippen LogP contribution in [0.1, 0.15) is 28.5 Å². The number of carbonyl (C=O) groups is 2. The van der Waals surface area contributed by atoms with E-state index in [9.17, 15) is 9.59 Å². The number of nitrogens with one attached hydrogen (secondary N) is 3. The van der Waals surface area contributed by atoms with Crippen LogP contribution in [0.3, 0.4) is 0 Å². The molecule has 3 N–H and O–H groups in total. The Morgan fingerprint density at radius 2 is 1.50 bits per heavy atom. The number of hydrogen-bond donors (Lipinski definition) is 3. The van der Waals surface area contributed by atoms with Crippen LogP contribution in [0.15, 0.2) is 54.9 Å². The number of rotatable bonds is 5. The normalized spacial score (nSPS) is 10.2. The Hall–Kier alpha value is -3.74. The predicted molar refractivity (Wildman–Crippen MR) is 110 cm³/mol. The summed E-state index contributed by atoms with van der Waals surface area (Å²) in [5.41, 5.74) is 4.51. The van der Waals surface area contributed by atoms with Gasteiger partial charge >= 0.3 is 0 Å². The highest BCUT2D eigenvalue weighted by Gasteiger charge is 2.11. The molecule has 0 spiro atoms. The highest BCUT2D eigenvalue weighted by atomic mass is 16.2. The molecule has 7 nitrogen and oxygen atoms in total. The quantitative estimate of drug-likeness (QED) is 0.625. The standard InChI is InChI=1S/C21H21N5O2/c1-13-6-4-7-14(2)20(13)26-19-11-18(22-12-23-19)21(28)25-17-9-5-8-16(10-17)24-15(3)27/h4-12H,1-3H3,(H,24,27)(H,25,28)(H,22,23,26). The zero-order chi connectivity index (χ0) is 20.1. The average Bonchev–Trinajstić information content (AvgIpc) is 2.65. The first kappa shape index (κ1) is 19.0. The summed E-state index contributed by atoms with van der Waals surface area (Å²) >= 11 is 0. The molecule has 0 atom stereocenters. The van der Waals surface area contributed by atoms with Crippen LogP contribution in [0.4, 0.5) is 22.9 Å². The topological polar surface area (TPSA) is 96.0 Å². The van der Waals surface area contributed by atoms with Gasteiger partial charge in [0.25, 0.3) is 5.91 Å². The van der Waals surface area contributed by atoms with E-state index in [2.05, 4.69) is 25.9 Å². The van der Waals surface area contributed by atoms with E-state index < -0.39 is 0 Å². The second kappa shape index (κ2) is 8.30. The van der Waals surface area contributed by atoms with Gasteiger partial charge in [-0.2, -0.15) is 0 Å². The Labute approximate surface area is 163 Å². The van der Waals surface area contributed by atoms with E-state index in [0.29, 0.717) is 17.2 Å². The van der Waals surface area contributed by atoms with Gasteiger partial charge in [-0.25, -0.2) is 9.97 Å². The van der Waals surface area contributed by atoms with Gasteiger partial charge in [-0.1, -0.05) is 24.3 Å². The molecular weight excluding hydrogens is 354 g/mol. The van der Waals surface area contributed by atoms with Gasteiger partial charge in [0.15, 0.2) is 0 Å². The number of para-hydroxylation sites is 1. The number of nitrogens with zero attached hydrogens (tertiary/aromatic N) is 2. The fourth-order valence-corrected chi connectivity index (χ4v) is 2.76. The highest BCUT2D eigenvalue weighted by Crippen LogP contribution is 2.23. The van der Waals surface area contributed by atoms with Crippen LogP contribution in [0.5, 0.6) is 0 Å². The van der Waals surface area contributed by atoms with Gasteiger partial charge in [0.1, 0.15) is 17.8 Å². The molecule has 0 aliphatic rings. The van der Waals surface area contributed by atoms with Crippen molar-refractivity contribution in [3.63, 3.8) is 0 Å². The van der Waals surface area contributed by atoms with E-state index in [1.807, 2.05) is 32.0 Å². The van der Waals surface area contributed by atoms with Crippen LogP contribution in [-0.4, -0.2) is 21.8 Å². The van der Waals surface area contributed by atoms with Gasteiger partial charge in [0.05, 0.1) is 0 Å². The third kappa shape index (κ3) is 4.70. The number of aryl methyl sites for hydroxylation is 2. The summed E-state index contributed by atoms with van der Waals surface area (Å²) in [5.74, 6) is -0.0158. The molecular formula is C21H21N5O2. The number of aromatic nitrogens is 2. The minimum atomic E-state index is -0.369. The van der Waals surface area contributed by atoms with Crippen LogP contribution >= 0.6 is 0 Å². The molecule has 1 heterocycles.